The summed E-state index contributed by atoms with van der Waals surface area (Å²) in [7, 11) is 1.73. The Balaban J connectivity index is 1.65. The third kappa shape index (κ3) is 3.33. The number of nitrogens with zero attached hydrogens (tertiary/aromatic N) is 3. The lowest BCUT2D eigenvalue weighted by Gasteiger charge is -2.07. The SMILES string of the molecule is Cc1c(NC(=O)C(C#N)=Cc2ccc3c(c2)OCO3)c(=O)n(-c2ccccc2)n1C. The summed E-state index contributed by atoms with van der Waals surface area (Å²) >= 11 is 0. The highest BCUT2D eigenvalue weighted by atomic mass is 16.7. The second kappa shape index (κ2) is 7.64. The zero-order chi connectivity index (χ0) is 21.3. The molecule has 1 aromatic heterocycles. The van der Waals surface area contributed by atoms with Crippen molar-refractivity contribution < 1.29 is 14.3 Å². The quantitative estimate of drug-likeness (QED) is 0.535. The highest BCUT2D eigenvalue weighted by molar-refractivity contribution is 6.09. The summed E-state index contributed by atoms with van der Waals surface area (Å²) in [5, 5.41) is 12.1. The number of hydrogen-bond donors (Lipinski definition) is 1. The molecule has 1 aliphatic rings. The van der Waals surface area contributed by atoms with Gasteiger partial charge < -0.3 is 14.8 Å². The molecule has 0 spiro atoms. The summed E-state index contributed by atoms with van der Waals surface area (Å²) in [6.07, 6.45) is 1.44. The minimum atomic E-state index is -0.666. The van der Waals surface area contributed by atoms with Crippen LogP contribution in [0, 0.1) is 18.3 Å². The summed E-state index contributed by atoms with van der Waals surface area (Å²) in [5.74, 6) is 0.490. The van der Waals surface area contributed by atoms with Gasteiger partial charge >= 0.3 is 0 Å². The molecule has 0 bridgehead atoms. The summed E-state index contributed by atoms with van der Waals surface area (Å²) in [6, 6.07) is 16.1. The minimum Gasteiger partial charge on any atom is -0.454 e. The van der Waals surface area contributed by atoms with Crippen molar-refractivity contribution in [3.05, 3.63) is 75.7 Å². The Morgan fingerprint density at radius 3 is 2.63 bits per heavy atom. The van der Waals surface area contributed by atoms with Gasteiger partial charge in [-0.1, -0.05) is 24.3 Å². The number of fused-ring (bicyclic) bond motifs is 1. The normalized spacial score (nSPS) is 12.5. The molecule has 0 unspecified atom stereocenters. The zero-order valence-electron chi connectivity index (χ0n) is 16.4. The maximum atomic E-state index is 12.9. The molecule has 3 aromatic rings. The van der Waals surface area contributed by atoms with Crippen LogP contribution < -0.4 is 20.3 Å². The van der Waals surface area contributed by atoms with Crippen molar-refractivity contribution in [2.45, 2.75) is 6.92 Å². The van der Waals surface area contributed by atoms with Gasteiger partial charge in [-0.15, -0.1) is 0 Å². The van der Waals surface area contributed by atoms with Crippen LogP contribution in [-0.2, 0) is 11.8 Å². The number of benzene rings is 2. The van der Waals surface area contributed by atoms with Crippen LogP contribution in [0.3, 0.4) is 0 Å². The molecule has 2 aromatic carbocycles. The van der Waals surface area contributed by atoms with Gasteiger partial charge in [-0.3, -0.25) is 14.3 Å². The van der Waals surface area contributed by atoms with Crippen molar-refractivity contribution in [2.24, 2.45) is 7.05 Å². The van der Waals surface area contributed by atoms with Gasteiger partial charge in [0.25, 0.3) is 11.5 Å². The number of carbonyl (C=O) groups excluding carboxylic acids is 1. The maximum Gasteiger partial charge on any atom is 0.295 e. The molecule has 0 fully saturated rings. The summed E-state index contributed by atoms with van der Waals surface area (Å²) in [6.45, 7) is 1.86. The molecule has 30 heavy (non-hydrogen) atoms. The molecule has 0 aliphatic carbocycles. The Morgan fingerprint density at radius 2 is 1.90 bits per heavy atom. The number of nitrogens with one attached hydrogen (secondary N) is 1. The van der Waals surface area contributed by atoms with E-state index in [2.05, 4.69) is 5.32 Å². The van der Waals surface area contributed by atoms with E-state index in [-0.39, 0.29) is 23.6 Å². The number of hydrogen-bond acceptors (Lipinski definition) is 5. The van der Waals surface area contributed by atoms with Crippen LogP contribution in [0.2, 0.25) is 0 Å². The standard InChI is InChI=1S/C22H18N4O4/c1-14-20(22(28)26(25(14)2)17-6-4-3-5-7-17)24-21(27)16(12-23)10-15-8-9-18-19(11-15)30-13-29-18/h3-11H,13H2,1-2H3,(H,24,27). The first-order chi connectivity index (χ1) is 14.5. The van der Waals surface area contributed by atoms with E-state index in [4.69, 9.17) is 9.47 Å². The Hall–Kier alpha value is -4.25. The van der Waals surface area contributed by atoms with E-state index in [1.807, 2.05) is 24.3 Å². The molecule has 1 N–H and O–H groups in total. The van der Waals surface area contributed by atoms with Crippen molar-refractivity contribution >= 4 is 17.7 Å². The number of para-hydroxylation sites is 1. The molecule has 0 saturated carbocycles. The van der Waals surface area contributed by atoms with E-state index in [0.717, 1.165) is 0 Å². The lowest BCUT2D eigenvalue weighted by atomic mass is 10.1. The molecular weight excluding hydrogens is 384 g/mol. The van der Waals surface area contributed by atoms with E-state index in [9.17, 15) is 14.9 Å². The highest BCUT2D eigenvalue weighted by Gasteiger charge is 2.20. The van der Waals surface area contributed by atoms with Gasteiger partial charge in [-0.2, -0.15) is 5.26 Å². The van der Waals surface area contributed by atoms with Crippen molar-refractivity contribution in [2.75, 3.05) is 12.1 Å². The lowest BCUT2D eigenvalue weighted by Crippen LogP contribution is -2.23. The minimum absolute atomic E-state index is 0.123. The number of carbonyl (C=O) groups is 1. The lowest BCUT2D eigenvalue weighted by molar-refractivity contribution is -0.112. The first-order valence-electron chi connectivity index (χ1n) is 9.16. The molecule has 150 valence electrons. The number of ether oxygens (including phenoxy) is 2. The molecule has 8 nitrogen and oxygen atoms in total. The third-order valence-corrected chi connectivity index (χ3v) is 4.87. The molecule has 0 radical (unpaired) electrons. The summed E-state index contributed by atoms with van der Waals surface area (Å²) in [4.78, 5) is 25.7. The van der Waals surface area contributed by atoms with Crippen molar-refractivity contribution in [3.8, 4) is 23.3 Å². The molecule has 4 rings (SSSR count). The Morgan fingerprint density at radius 1 is 1.17 bits per heavy atom. The maximum absolute atomic E-state index is 12.9. The van der Waals surface area contributed by atoms with E-state index in [1.165, 1.54) is 10.8 Å². The van der Waals surface area contributed by atoms with Crippen LogP contribution in [0.4, 0.5) is 5.69 Å². The smallest absolute Gasteiger partial charge is 0.295 e. The molecule has 0 saturated heterocycles. The molecule has 0 atom stereocenters. The Kier molecular flexibility index (Phi) is 4.86. The van der Waals surface area contributed by atoms with Crippen LogP contribution in [-0.4, -0.2) is 22.1 Å². The van der Waals surface area contributed by atoms with Gasteiger partial charge in [0.05, 0.1) is 11.4 Å². The second-order valence-electron chi connectivity index (χ2n) is 6.67. The van der Waals surface area contributed by atoms with Gasteiger partial charge in [0.1, 0.15) is 17.3 Å². The van der Waals surface area contributed by atoms with Crippen LogP contribution >= 0.6 is 0 Å². The molecule has 8 heteroatoms. The zero-order valence-corrected chi connectivity index (χ0v) is 16.4. The monoisotopic (exact) mass is 402 g/mol. The number of aromatic nitrogens is 2. The Bertz CT molecular complexity index is 1260. The van der Waals surface area contributed by atoms with E-state index >= 15 is 0 Å². The Labute approximate surface area is 172 Å². The van der Waals surface area contributed by atoms with Gasteiger partial charge in [0, 0.05) is 7.05 Å². The van der Waals surface area contributed by atoms with Crippen molar-refractivity contribution in [3.63, 3.8) is 0 Å². The third-order valence-electron chi connectivity index (χ3n) is 4.87. The number of nitriles is 1. The number of rotatable bonds is 4. The molecule has 1 aliphatic heterocycles. The molecule has 1 amide bonds. The topological polar surface area (TPSA) is 98.3 Å². The number of amides is 1. The fraction of sp³-hybridized carbons (Fsp3) is 0.136. The molecule has 2 heterocycles. The summed E-state index contributed by atoms with van der Waals surface area (Å²) < 4.78 is 13.7. The first kappa shape index (κ1) is 19.1. The highest BCUT2D eigenvalue weighted by Crippen LogP contribution is 2.33. The second-order valence-corrected chi connectivity index (χ2v) is 6.67. The van der Waals surface area contributed by atoms with Gasteiger partial charge in [0.15, 0.2) is 11.5 Å². The van der Waals surface area contributed by atoms with Gasteiger partial charge in [-0.25, -0.2) is 4.68 Å². The van der Waals surface area contributed by atoms with Crippen molar-refractivity contribution in [1.82, 2.24) is 9.36 Å². The van der Waals surface area contributed by atoms with Crippen LogP contribution in [0.1, 0.15) is 11.3 Å². The number of anilines is 1. The van der Waals surface area contributed by atoms with Gasteiger partial charge in [0.2, 0.25) is 6.79 Å². The first-order valence-corrected chi connectivity index (χ1v) is 9.16. The van der Waals surface area contributed by atoms with E-state index in [0.29, 0.717) is 28.4 Å². The van der Waals surface area contributed by atoms with Crippen molar-refractivity contribution in [1.29, 1.82) is 5.26 Å². The average Bonchev–Trinajstić information content (AvgIpc) is 3.30. The fourth-order valence-electron chi connectivity index (χ4n) is 3.21. The van der Waals surface area contributed by atoms with E-state index in [1.54, 1.807) is 49.0 Å². The van der Waals surface area contributed by atoms with Crippen LogP contribution in [0.25, 0.3) is 11.8 Å². The fourth-order valence-corrected chi connectivity index (χ4v) is 3.21. The predicted molar refractivity (Wildman–Crippen MR) is 111 cm³/mol. The van der Waals surface area contributed by atoms with Crippen LogP contribution in [0.15, 0.2) is 58.9 Å². The summed E-state index contributed by atoms with van der Waals surface area (Å²) in [5.41, 5.74) is 1.45. The van der Waals surface area contributed by atoms with Crippen LogP contribution in [0.5, 0.6) is 11.5 Å². The average molecular weight is 402 g/mol. The van der Waals surface area contributed by atoms with Gasteiger partial charge in [-0.05, 0) is 42.8 Å². The van der Waals surface area contributed by atoms with E-state index < -0.39 is 5.91 Å². The largest absolute Gasteiger partial charge is 0.454 e. The molecular formula is C22H18N4O4. The predicted octanol–water partition coefficient (Wildman–Crippen LogP) is 2.76.